The summed E-state index contributed by atoms with van der Waals surface area (Å²) in [5.74, 6) is -7.88. The molecular formula is C42H70N10O10S. The zero-order valence-electron chi connectivity index (χ0n) is 37.5. The number of nitrogens with two attached hydrogens (primary N) is 3. The standard InChI is InChI=1S/C42H70N10O10S/c1-23(2)19-27(44)36(55)49-30(20-26-13-9-8-10-14-26)39(58)48-29(16-18-63-7)37(56)46-22-33(54)47-28(15-11-12-17-43)38(57)51-35(25(5)6)41(60)52-34(24(3)4)40(59)50-31(42(61)62)21-32(45)53/h8-10,13-14,23-25,27-31,34-35H,11-12,15-22,43-44H2,1-7H3,(H2,45,53)(H,46,56)(H,47,54)(H,48,58)(H,49,55)(H,50,59)(H,51,57)(H,52,60)(H,61,62). The second-order valence-electron chi connectivity index (χ2n) is 16.5. The van der Waals surface area contributed by atoms with Crippen molar-refractivity contribution in [1.82, 2.24) is 37.2 Å². The van der Waals surface area contributed by atoms with Gasteiger partial charge in [-0.1, -0.05) is 71.9 Å². The Morgan fingerprint density at radius 1 is 0.651 bits per heavy atom. The van der Waals surface area contributed by atoms with Crippen molar-refractivity contribution < 1.29 is 48.3 Å². The van der Waals surface area contributed by atoms with E-state index in [0.717, 1.165) is 5.56 Å². The van der Waals surface area contributed by atoms with Crippen molar-refractivity contribution >= 4 is 65.0 Å². The van der Waals surface area contributed by atoms with Crippen molar-refractivity contribution in [1.29, 1.82) is 0 Å². The third kappa shape index (κ3) is 21.6. The number of carboxylic acid groups (broad SMARTS) is 1. The molecule has 0 spiro atoms. The van der Waals surface area contributed by atoms with E-state index in [0.29, 0.717) is 31.6 Å². The molecular weight excluding hydrogens is 837 g/mol. The molecule has 7 atom stereocenters. The average molecular weight is 907 g/mol. The van der Waals surface area contributed by atoms with E-state index in [2.05, 4.69) is 37.2 Å². The molecule has 1 aromatic rings. The van der Waals surface area contributed by atoms with Crippen LogP contribution in [0.1, 0.15) is 85.6 Å². The van der Waals surface area contributed by atoms with E-state index in [-0.39, 0.29) is 25.2 Å². The Hall–Kier alpha value is -5.28. The van der Waals surface area contributed by atoms with Gasteiger partial charge in [-0.05, 0) is 74.0 Å². The molecule has 20 nitrogen and oxygen atoms in total. The highest BCUT2D eigenvalue weighted by atomic mass is 32.2. The van der Waals surface area contributed by atoms with Gasteiger partial charge in [-0.15, -0.1) is 0 Å². The van der Waals surface area contributed by atoms with Gasteiger partial charge < -0.3 is 59.5 Å². The van der Waals surface area contributed by atoms with Gasteiger partial charge in [-0.25, -0.2) is 4.79 Å². The molecule has 354 valence electrons. The Morgan fingerprint density at radius 2 is 1.17 bits per heavy atom. The fourth-order valence-corrected chi connectivity index (χ4v) is 6.73. The molecule has 7 unspecified atom stereocenters. The first-order chi connectivity index (χ1) is 29.6. The maximum Gasteiger partial charge on any atom is 0.326 e. The number of carbonyl (C=O) groups excluding carboxylic acids is 8. The van der Waals surface area contributed by atoms with Gasteiger partial charge in [0.05, 0.1) is 19.0 Å². The maximum absolute atomic E-state index is 13.7. The molecule has 0 saturated carbocycles. The molecule has 0 aliphatic carbocycles. The van der Waals surface area contributed by atoms with Crippen LogP contribution in [-0.4, -0.2) is 126 Å². The monoisotopic (exact) mass is 906 g/mol. The normalized spacial score (nSPS) is 14.5. The Labute approximate surface area is 374 Å². The van der Waals surface area contributed by atoms with Gasteiger partial charge >= 0.3 is 5.97 Å². The van der Waals surface area contributed by atoms with Crippen molar-refractivity contribution in [3.63, 3.8) is 0 Å². The number of primary amides is 1. The first-order valence-electron chi connectivity index (χ1n) is 21.2. The maximum atomic E-state index is 13.7. The van der Waals surface area contributed by atoms with Crippen LogP contribution in [-0.2, 0) is 49.6 Å². The summed E-state index contributed by atoms with van der Waals surface area (Å²) in [6.07, 6.45) is 2.90. The lowest BCUT2D eigenvalue weighted by Crippen LogP contribution is -2.60. The third-order valence-corrected chi connectivity index (χ3v) is 10.4. The Balaban J connectivity index is 3.16. The van der Waals surface area contributed by atoms with Crippen LogP contribution in [0.4, 0.5) is 0 Å². The summed E-state index contributed by atoms with van der Waals surface area (Å²) in [5, 5.41) is 27.5. The number of hydrogen-bond acceptors (Lipinski definition) is 12. The van der Waals surface area contributed by atoms with E-state index in [1.54, 1.807) is 52.0 Å². The van der Waals surface area contributed by atoms with Crippen LogP contribution < -0.4 is 54.4 Å². The van der Waals surface area contributed by atoms with E-state index in [1.165, 1.54) is 11.8 Å². The second kappa shape index (κ2) is 29.2. The SMILES string of the molecule is CSCCC(NC(=O)C(Cc1ccccc1)NC(=O)C(N)CC(C)C)C(=O)NCC(=O)NC(CCCCN)C(=O)NC(C(=O)NC(C(=O)NC(CC(N)=O)C(=O)O)C(C)C)C(C)C. The number of unbranched alkanes of at least 4 members (excludes halogenated alkanes) is 1. The van der Waals surface area contributed by atoms with E-state index >= 15 is 0 Å². The van der Waals surface area contributed by atoms with E-state index in [1.807, 2.05) is 26.2 Å². The summed E-state index contributed by atoms with van der Waals surface area (Å²) in [7, 11) is 0. The van der Waals surface area contributed by atoms with Gasteiger partial charge in [0.25, 0.3) is 0 Å². The number of carbonyl (C=O) groups is 9. The molecule has 0 aliphatic heterocycles. The molecule has 14 N–H and O–H groups in total. The van der Waals surface area contributed by atoms with Crippen molar-refractivity contribution in [3.8, 4) is 0 Å². The number of aliphatic carboxylic acids is 1. The van der Waals surface area contributed by atoms with Crippen LogP contribution in [0.15, 0.2) is 30.3 Å². The zero-order valence-corrected chi connectivity index (χ0v) is 38.3. The number of amides is 8. The van der Waals surface area contributed by atoms with Crippen LogP contribution >= 0.6 is 11.8 Å². The van der Waals surface area contributed by atoms with Crippen LogP contribution in [0.25, 0.3) is 0 Å². The average Bonchev–Trinajstić information content (AvgIpc) is 3.20. The number of thioether (sulfide) groups is 1. The summed E-state index contributed by atoms with van der Waals surface area (Å²) in [5.41, 5.74) is 17.7. The van der Waals surface area contributed by atoms with Gasteiger partial charge in [-0.3, -0.25) is 38.4 Å². The van der Waals surface area contributed by atoms with E-state index in [9.17, 15) is 48.3 Å². The number of rotatable bonds is 30. The molecule has 0 fully saturated rings. The van der Waals surface area contributed by atoms with E-state index in [4.69, 9.17) is 17.2 Å². The van der Waals surface area contributed by atoms with Crippen molar-refractivity contribution in [2.45, 2.75) is 129 Å². The molecule has 1 rings (SSSR count). The molecule has 1 aromatic carbocycles. The molecule has 0 radical (unpaired) electrons. The molecule has 0 aromatic heterocycles. The van der Waals surface area contributed by atoms with Gasteiger partial charge in [0.15, 0.2) is 0 Å². The van der Waals surface area contributed by atoms with E-state index < -0.39 is 120 Å². The minimum atomic E-state index is -1.63. The van der Waals surface area contributed by atoms with Crippen LogP contribution in [0, 0.1) is 17.8 Å². The van der Waals surface area contributed by atoms with Gasteiger partial charge in [0.2, 0.25) is 47.3 Å². The first kappa shape index (κ1) is 55.7. The van der Waals surface area contributed by atoms with Crippen LogP contribution in [0.5, 0.6) is 0 Å². The predicted molar refractivity (Wildman–Crippen MR) is 239 cm³/mol. The lowest BCUT2D eigenvalue weighted by molar-refractivity contribution is -0.144. The summed E-state index contributed by atoms with van der Waals surface area (Å²) in [6, 6.07) is 0.707. The van der Waals surface area contributed by atoms with Crippen LogP contribution in [0.2, 0.25) is 0 Å². The molecule has 63 heavy (non-hydrogen) atoms. The topological polar surface area (TPSA) is 336 Å². The molecule has 0 bridgehead atoms. The molecule has 21 heteroatoms. The smallest absolute Gasteiger partial charge is 0.326 e. The number of hydrogen-bond donors (Lipinski definition) is 11. The highest BCUT2D eigenvalue weighted by Crippen LogP contribution is 2.11. The highest BCUT2D eigenvalue weighted by Gasteiger charge is 2.35. The fourth-order valence-electron chi connectivity index (χ4n) is 6.26. The Kier molecular flexibility index (Phi) is 25.8. The lowest BCUT2D eigenvalue weighted by atomic mass is 9.98. The van der Waals surface area contributed by atoms with Gasteiger partial charge in [0, 0.05) is 6.42 Å². The van der Waals surface area contributed by atoms with Gasteiger partial charge in [-0.2, -0.15) is 11.8 Å². The number of benzene rings is 1. The largest absolute Gasteiger partial charge is 0.480 e. The number of nitrogens with one attached hydrogen (secondary N) is 7. The molecule has 0 aliphatic rings. The quantitative estimate of drug-likeness (QED) is 0.0404. The fraction of sp³-hybridized carbons (Fsp3) is 0.643. The lowest BCUT2D eigenvalue weighted by Gasteiger charge is -2.29. The minimum Gasteiger partial charge on any atom is -0.480 e. The van der Waals surface area contributed by atoms with Crippen LogP contribution in [0.3, 0.4) is 0 Å². The Bertz CT molecular complexity index is 1680. The molecule has 0 heterocycles. The van der Waals surface area contributed by atoms with Crippen molar-refractivity contribution in [2.75, 3.05) is 25.1 Å². The number of carboxylic acids is 1. The Morgan fingerprint density at radius 3 is 1.70 bits per heavy atom. The molecule has 8 amide bonds. The first-order valence-corrected chi connectivity index (χ1v) is 22.6. The zero-order chi connectivity index (χ0) is 47.8. The summed E-state index contributed by atoms with van der Waals surface area (Å²) < 4.78 is 0. The van der Waals surface area contributed by atoms with Crippen molar-refractivity contribution in [2.24, 2.45) is 35.0 Å². The third-order valence-electron chi connectivity index (χ3n) is 9.76. The summed E-state index contributed by atoms with van der Waals surface area (Å²) >= 11 is 1.44. The van der Waals surface area contributed by atoms with Gasteiger partial charge in [0.1, 0.15) is 36.3 Å². The highest BCUT2D eigenvalue weighted by molar-refractivity contribution is 7.98. The predicted octanol–water partition coefficient (Wildman–Crippen LogP) is -1.22. The summed E-state index contributed by atoms with van der Waals surface area (Å²) in [6.45, 7) is 10.1. The molecule has 0 saturated heterocycles. The second-order valence-corrected chi connectivity index (χ2v) is 17.5. The van der Waals surface area contributed by atoms with Crippen molar-refractivity contribution in [3.05, 3.63) is 35.9 Å². The minimum absolute atomic E-state index is 0.115. The summed E-state index contributed by atoms with van der Waals surface area (Å²) in [4.78, 5) is 117.